The molecule has 1 atom stereocenters. The van der Waals surface area contributed by atoms with Crippen LogP contribution in [0.4, 0.5) is 4.39 Å². The smallest absolute Gasteiger partial charge is 0.165 e. The normalized spacial score (nSPS) is 12.2. The number of ether oxygens (including phenoxy) is 1. The lowest BCUT2D eigenvalue weighted by Crippen LogP contribution is -2.12. The van der Waals surface area contributed by atoms with Crippen LogP contribution in [-0.4, -0.2) is 7.11 Å². The standard InChI is InChI=1S/C17H20FNO/c1-12-5-3-4-6-13(12)7-9-16(19)14-8-10-17(20-2)15(18)11-14/h3-6,8,10-11,16H,7,9,19H2,1-2H3. The lowest BCUT2D eigenvalue weighted by Gasteiger charge is -2.14. The number of halogens is 1. The first kappa shape index (κ1) is 14.5. The number of rotatable bonds is 5. The molecule has 1 unspecified atom stereocenters. The highest BCUT2D eigenvalue weighted by atomic mass is 19.1. The van der Waals surface area contributed by atoms with Gasteiger partial charge in [0.1, 0.15) is 0 Å². The molecule has 0 saturated heterocycles. The molecule has 0 aromatic heterocycles. The van der Waals surface area contributed by atoms with Gasteiger partial charge >= 0.3 is 0 Å². The van der Waals surface area contributed by atoms with Crippen molar-refractivity contribution in [2.45, 2.75) is 25.8 Å². The monoisotopic (exact) mass is 273 g/mol. The first-order valence-electron chi connectivity index (χ1n) is 6.75. The van der Waals surface area contributed by atoms with Crippen molar-refractivity contribution in [3.63, 3.8) is 0 Å². The number of hydrogen-bond acceptors (Lipinski definition) is 2. The van der Waals surface area contributed by atoms with Crippen molar-refractivity contribution >= 4 is 0 Å². The Morgan fingerprint density at radius 2 is 1.95 bits per heavy atom. The maximum Gasteiger partial charge on any atom is 0.165 e. The molecule has 2 nitrogen and oxygen atoms in total. The summed E-state index contributed by atoms with van der Waals surface area (Å²) in [6, 6.07) is 13.0. The van der Waals surface area contributed by atoms with E-state index < -0.39 is 0 Å². The van der Waals surface area contributed by atoms with Gasteiger partial charge in [-0.3, -0.25) is 0 Å². The third-order valence-electron chi connectivity index (χ3n) is 3.59. The molecule has 2 N–H and O–H groups in total. The van der Waals surface area contributed by atoms with E-state index in [1.54, 1.807) is 6.07 Å². The molecule has 106 valence electrons. The SMILES string of the molecule is COc1ccc(C(N)CCc2ccccc2C)cc1F. The summed E-state index contributed by atoms with van der Waals surface area (Å²) in [5.74, 6) is -0.115. The van der Waals surface area contributed by atoms with Gasteiger partial charge in [-0.2, -0.15) is 0 Å². The Hall–Kier alpha value is -1.87. The molecule has 0 heterocycles. The second kappa shape index (κ2) is 6.53. The summed E-state index contributed by atoms with van der Waals surface area (Å²) in [6.45, 7) is 2.09. The molecule has 0 saturated carbocycles. The van der Waals surface area contributed by atoms with Crippen LogP contribution < -0.4 is 10.5 Å². The van der Waals surface area contributed by atoms with Gasteiger partial charge in [-0.1, -0.05) is 30.3 Å². The van der Waals surface area contributed by atoms with Crippen LogP contribution in [0.5, 0.6) is 5.75 Å². The van der Waals surface area contributed by atoms with Crippen LogP contribution in [0.15, 0.2) is 42.5 Å². The fourth-order valence-electron chi connectivity index (χ4n) is 2.28. The van der Waals surface area contributed by atoms with Crippen LogP contribution in [0.2, 0.25) is 0 Å². The Labute approximate surface area is 119 Å². The Bertz CT molecular complexity index is 583. The van der Waals surface area contributed by atoms with Crippen LogP contribution in [0.25, 0.3) is 0 Å². The number of methoxy groups -OCH3 is 1. The summed E-state index contributed by atoms with van der Waals surface area (Å²) in [5, 5.41) is 0. The fourth-order valence-corrected chi connectivity index (χ4v) is 2.28. The zero-order valence-electron chi connectivity index (χ0n) is 11.9. The molecule has 3 heteroatoms. The Morgan fingerprint density at radius 1 is 1.20 bits per heavy atom. The minimum atomic E-state index is -0.364. The van der Waals surface area contributed by atoms with Crippen LogP contribution in [-0.2, 0) is 6.42 Å². The van der Waals surface area contributed by atoms with Crippen molar-refractivity contribution < 1.29 is 9.13 Å². The topological polar surface area (TPSA) is 35.2 Å². The molecule has 0 aliphatic carbocycles. The van der Waals surface area contributed by atoms with E-state index in [0.29, 0.717) is 0 Å². The van der Waals surface area contributed by atoms with Crippen molar-refractivity contribution in [3.05, 3.63) is 65.0 Å². The van der Waals surface area contributed by atoms with Gasteiger partial charge in [0.15, 0.2) is 11.6 Å². The quantitative estimate of drug-likeness (QED) is 0.900. The van der Waals surface area contributed by atoms with E-state index in [1.165, 1.54) is 24.3 Å². The second-order valence-electron chi connectivity index (χ2n) is 4.97. The Kier molecular flexibility index (Phi) is 4.74. The van der Waals surface area contributed by atoms with E-state index in [9.17, 15) is 4.39 Å². The van der Waals surface area contributed by atoms with Crippen LogP contribution in [0.1, 0.15) is 29.2 Å². The number of hydrogen-bond donors (Lipinski definition) is 1. The molecular weight excluding hydrogens is 253 g/mol. The molecule has 0 amide bonds. The summed E-state index contributed by atoms with van der Waals surface area (Å²) in [7, 11) is 1.45. The molecule has 0 spiro atoms. The molecule has 2 aromatic carbocycles. The average molecular weight is 273 g/mol. The van der Waals surface area contributed by atoms with Gasteiger partial charge < -0.3 is 10.5 Å². The van der Waals surface area contributed by atoms with Crippen molar-refractivity contribution in [2.24, 2.45) is 5.73 Å². The van der Waals surface area contributed by atoms with E-state index in [4.69, 9.17) is 10.5 Å². The summed E-state index contributed by atoms with van der Waals surface area (Å²) < 4.78 is 18.6. The molecule has 2 rings (SSSR count). The fraction of sp³-hybridized carbons (Fsp3) is 0.294. The molecule has 2 aromatic rings. The molecule has 0 bridgehead atoms. The van der Waals surface area contributed by atoms with E-state index in [2.05, 4.69) is 19.1 Å². The van der Waals surface area contributed by atoms with E-state index in [0.717, 1.165) is 18.4 Å². The van der Waals surface area contributed by atoms with Gasteiger partial charge in [-0.15, -0.1) is 0 Å². The van der Waals surface area contributed by atoms with Crippen LogP contribution >= 0.6 is 0 Å². The molecule has 20 heavy (non-hydrogen) atoms. The van der Waals surface area contributed by atoms with Crippen molar-refractivity contribution in [1.29, 1.82) is 0 Å². The van der Waals surface area contributed by atoms with E-state index in [1.807, 2.05) is 18.2 Å². The highest BCUT2D eigenvalue weighted by Gasteiger charge is 2.10. The minimum absolute atomic E-state index is 0.171. The third-order valence-corrected chi connectivity index (χ3v) is 3.59. The lowest BCUT2D eigenvalue weighted by molar-refractivity contribution is 0.385. The zero-order chi connectivity index (χ0) is 14.5. The zero-order valence-corrected chi connectivity index (χ0v) is 11.9. The van der Waals surface area contributed by atoms with E-state index in [-0.39, 0.29) is 17.6 Å². The number of aryl methyl sites for hydroxylation is 2. The van der Waals surface area contributed by atoms with Crippen molar-refractivity contribution in [3.8, 4) is 5.75 Å². The highest BCUT2D eigenvalue weighted by molar-refractivity contribution is 5.31. The lowest BCUT2D eigenvalue weighted by atomic mass is 9.97. The maximum atomic E-state index is 13.7. The van der Waals surface area contributed by atoms with Gasteiger partial charge in [-0.25, -0.2) is 4.39 Å². The molecule has 0 aliphatic rings. The summed E-state index contributed by atoms with van der Waals surface area (Å²) in [6.07, 6.45) is 1.68. The maximum absolute atomic E-state index is 13.7. The Morgan fingerprint density at radius 3 is 2.60 bits per heavy atom. The van der Waals surface area contributed by atoms with Gasteiger partial charge in [0, 0.05) is 6.04 Å². The summed E-state index contributed by atoms with van der Waals surface area (Å²) in [5.41, 5.74) is 9.50. The number of benzene rings is 2. The number of nitrogens with two attached hydrogens (primary N) is 1. The van der Waals surface area contributed by atoms with Crippen molar-refractivity contribution in [2.75, 3.05) is 7.11 Å². The first-order chi connectivity index (χ1) is 9.61. The third kappa shape index (κ3) is 3.36. The van der Waals surface area contributed by atoms with Crippen LogP contribution in [0.3, 0.4) is 0 Å². The van der Waals surface area contributed by atoms with Gasteiger partial charge in [0.05, 0.1) is 7.11 Å². The van der Waals surface area contributed by atoms with Crippen molar-refractivity contribution in [1.82, 2.24) is 0 Å². The van der Waals surface area contributed by atoms with Gasteiger partial charge in [0.2, 0.25) is 0 Å². The summed E-state index contributed by atoms with van der Waals surface area (Å²) in [4.78, 5) is 0. The molecule has 0 radical (unpaired) electrons. The minimum Gasteiger partial charge on any atom is -0.494 e. The van der Waals surface area contributed by atoms with Crippen LogP contribution in [0, 0.1) is 12.7 Å². The highest BCUT2D eigenvalue weighted by Crippen LogP contribution is 2.23. The van der Waals surface area contributed by atoms with Gasteiger partial charge in [0.25, 0.3) is 0 Å². The average Bonchev–Trinajstić information content (AvgIpc) is 2.46. The Balaban J connectivity index is 2.03. The predicted octanol–water partition coefficient (Wildman–Crippen LogP) is 3.78. The molecular formula is C17H20FNO. The predicted molar refractivity (Wildman–Crippen MR) is 79.4 cm³/mol. The first-order valence-corrected chi connectivity index (χ1v) is 6.75. The van der Waals surface area contributed by atoms with Gasteiger partial charge in [-0.05, 0) is 48.6 Å². The summed E-state index contributed by atoms with van der Waals surface area (Å²) >= 11 is 0. The molecule has 0 fully saturated rings. The van der Waals surface area contributed by atoms with E-state index >= 15 is 0 Å². The second-order valence-corrected chi connectivity index (χ2v) is 4.97. The largest absolute Gasteiger partial charge is 0.494 e. The molecule has 0 aliphatic heterocycles.